The van der Waals surface area contributed by atoms with Gasteiger partial charge in [0.1, 0.15) is 23.0 Å². The molecule has 0 aliphatic carbocycles. The third-order valence-electron chi connectivity index (χ3n) is 21.0. The molecule has 0 saturated heterocycles. The van der Waals surface area contributed by atoms with Crippen LogP contribution in [0.3, 0.4) is 0 Å². The highest BCUT2D eigenvalue weighted by atomic mass is 16.5. The van der Waals surface area contributed by atoms with Gasteiger partial charge in [-0.25, -0.2) is 19.6 Å². The minimum absolute atomic E-state index is 0.251. The average Bonchev–Trinajstić information content (AvgIpc) is 1.70. The Hall–Kier alpha value is -12.2. The lowest BCUT2D eigenvalue weighted by Gasteiger charge is -2.30. The number of fused-ring (bicyclic) bond motifs is 2. The summed E-state index contributed by atoms with van der Waals surface area (Å²) in [6.07, 6.45) is 5.11. The zero-order valence-corrected chi connectivity index (χ0v) is 57.6. The Morgan fingerprint density at radius 2 is 0.386 bits per heavy atom. The molecule has 0 radical (unpaired) electrons. The van der Waals surface area contributed by atoms with Crippen LogP contribution in [0.1, 0.15) is 166 Å². The summed E-state index contributed by atoms with van der Waals surface area (Å²) >= 11 is 0. The van der Waals surface area contributed by atoms with E-state index in [1.807, 2.05) is 121 Å². The molecule has 500 valence electrons. The fraction of sp³-hybridized carbons (Fsp3) is 0.172. The quantitative estimate of drug-likeness (QED) is 0.0754. The largest absolute Gasteiger partial charge is 0.457 e. The van der Waals surface area contributed by atoms with E-state index in [0.29, 0.717) is 56.9 Å². The molecular weight excluding hydrogens is 1260 g/mol. The van der Waals surface area contributed by atoms with Gasteiger partial charge in [0, 0.05) is 51.4 Å². The lowest BCUT2D eigenvalue weighted by Crippen LogP contribution is -2.29. The van der Waals surface area contributed by atoms with E-state index < -0.39 is 39.9 Å². The van der Waals surface area contributed by atoms with Crippen LogP contribution in [0.5, 0.6) is 23.0 Å². The van der Waals surface area contributed by atoms with Gasteiger partial charge < -0.3 is 9.47 Å². The maximum absolute atomic E-state index is 14.1. The highest BCUT2D eigenvalue weighted by molar-refractivity contribution is 6.35. The zero-order valence-electron chi connectivity index (χ0n) is 57.6. The van der Waals surface area contributed by atoms with Crippen LogP contribution in [0.25, 0.3) is 0 Å². The van der Waals surface area contributed by atoms with Crippen molar-refractivity contribution in [3.63, 3.8) is 0 Å². The number of nitrogens with zero attached hydrogens (tertiary/aromatic N) is 4. The second kappa shape index (κ2) is 24.7. The number of ether oxygens (including phenoxy) is 2. The highest BCUT2D eigenvalue weighted by Crippen LogP contribution is 2.43. The third kappa shape index (κ3) is 11.6. The van der Waals surface area contributed by atoms with Crippen LogP contribution in [-0.4, -0.2) is 47.3 Å². The normalized spacial score (nSPS) is 14.8. The molecule has 4 aliphatic rings. The summed E-state index contributed by atoms with van der Waals surface area (Å²) < 4.78 is 12.6. The first-order valence-electron chi connectivity index (χ1n) is 33.5. The molecule has 14 heteroatoms. The van der Waals surface area contributed by atoms with E-state index in [1.54, 1.807) is 60.7 Å². The molecule has 0 bridgehead atoms. The lowest BCUT2D eigenvalue weighted by atomic mass is 9.74. The highest BCUT2D eigenvalue weighted by Gasteiger charge is 2.40. The number of rotatable bonds is 18. The van der Waals surface area contributed by atoms with Gasteiger partial charge in [0.25, 0.3) is 47.3 Å². The first-order valence-corrected chi connectivity index (χ1v) is 33.5. The summed E-state index contributed by atoms with van der Waals surface area (Å²) in [5, 5.41) is 0. The molecule has 14 nitrogen and oxygen atoms in total. The van der Waals surface area contributed by atoms with Gasteiger partial charge in [0.05, 0.1) is 45.0 Å². The van der Waals surface area contributed by atoms with Crippen molar-refractivity contribution in [3.05, 3.63) is 333 Å². The second-order valence-electron chi connectivity index (χ2n) is 28.7. The molecule has 101 heavy (non-hydrogen) atoms. The molecular formula is C87H72N4O10. The average molecular weight is 1330 g/mol. The molecule has 8 amide bonds. The van der Waals surface area contributed by atoms with Gasteiger partial charge in [-0.2, -0.15) is 0 Å². The molecule has 10 aromatic rings. The first kappa shape index (κ1) is 66.1. The van der Waals surface area contributed by atoms with Gasteiger partial charge >= 0.3 is 0 Å². The summed E-state index contributed by atoms with van der Waals surface area (Å²) in [5.41, 5.74) is 11.4. The topological polar surface area (TPSA) is 168 Å². The number of benzene rings is 10. The molecule has 0 atom stereocenters. The number of hydrogen-bond donors (Lipinski definition) is 0. The van der Waals surface area contributed by atoms with Crippen LogP contribution >= 0.6 is 0 Å². The van der Waals surface area contributed by atoms with E-state index in [9.17, 15) is 38.4 Å². The van der Waals surface area contributed by atoms with Crippen molar-refractivity contribution in [2.24, 2.45) is 0 Å². The summed E-state index contributed by atoms with van der Waals surface area (Å²) in [6, 6.07) is 72.4. The summed E-state index contributed by atoms with van der Waals surface area (Å²) in [5.74, 6) is -1.20. The summed E-state index contributed by atoms with van der Waals surface area (Å²) in [7, 11) is 0. The number of carbonyl (C=O) groups excluding carboxylic acids is 8. The van der Waals surface area contributed by atoms with E-state index in [-0.39, 0.29) is 45.6 Å². The third-order valence-corrected chi connectivity index (χ3v) is 21.0. The van der Waals surface area contributed by atoms with E-state index in [4.69, 9.17) is 9.47 Å². The Bertz CT molecular complexity index is 4780. The zero-order chi connectivity index (χ0) is 71.2. The van der Waals surface area contributed by atoms with Gasteiger partial charge in [-0.05, 0) is 165 Å². The maximum atomic E-state index is 14.1. The van der Waals surface area contributed by atoms with Crippen molar-refractivity contribution in [2.75, 3.05) is 19.6 Å². The fourth-order valence-electron chi connectivity index (χ4n) is 14.0. The number of carbonyl (C=O) groups is 8. The Morgan fingerprint density at radius 1 is 0.208 bits per heavy atom. The maximum Gasteiger partial charge on any atom is 0.266 e. The predicted molar refractivity (Wildman–Crippen MR) is 391 cm³/mol. The van der Waals surface area contributed by atoms with Crippen LogP contribution in [0.4, 0.5) is 22.7 Å². The van der Waals surface area contributed by atoms with Crippen molar-refractivity contribution in [1.29, 1.82) is 0 Å². The van der Waals surface area contributed by atoms with Crippen LogP contribution in [0.2, 0.25) is 0 Å². The van der Waals surface area contributed by atoms with E-state index in [0.717, 1.165) is 65.4 Å². The molecule has 14 rings (SSSR count). The van der Waals surface area contributed by atoms with Crippen LogP contribution in [0.15, 0.2) is 255 Å². The summed E-state index contributed by atoms with van der Waals surface area (Å²) in [4.78, 5) is 110. The molecule has 0 unspecified atom stereocenters. The molecule has 0 fully saturated rings. The molecule has 0 N–H and O–H groups in total. The minimum Gasteiger partial charge on any atom is -0.457 e. The number of amides is 8. The van der Waals surface area contributed by atoms with Crippen LogP contribution in [0, 0.1) is 0 Å². The SMILES string of the molecule is CC(C)(c1ccc(Oc2ccc3c(c2)C(=O)N(c2ccc(C(C)(C)c4ccc(C(C)(C)c5ccc(N6C(=O)C=CC6=O)cc5)cc4)cc2)C3=O)cc1)c1ccc(Oc2ccc3c(c2)C(=O)N(c2ccc(C(C)(C)c4ccc(C(C)(C)c5ccc(N6C(=O)C=CC6=O)cc5)cc4)cc2)C3=O)cc1. The van der Waals surface area contributed by atoms with Crippen molar-refractivity contribution in [1.82, 2.24) is 0 Å². The number of anilines is 4. The Labute approximate surface area is 586 Å². The first-order chi connectivity index (χ1) is 48.1. The van der Waals surface area contributed by atoms with E-state index >= 15 is 0 Å². The van der Waals surface area contributed by atoms with Crippen molar-refractivity contribution in [2.45, 2.75) is 96.3 Å². The minimum atomic E-state index is -0.449. The van der Waals surface area contributed by atoms with Gasteiger partial charge in [-0.15, -0.1) is 0 Å². The van der Waals surface area contributed by atoms with E-state index in [1.165, 1.54) is 34.1 Å². The van der Waals surface area contributed by atoms with Gasteiger partial charge in [-0.3, -0.25) is 38.4 Å². The fourth-order valence-corrected chi connectivity index (χ4v) is 14.0. The monoisotopic (exact) mass is 1330 g/mol. The lowest BCUT2D eigenvalue weighted by molar-refractivity contribution is -0.121. The van der Waals surface area contributed by atoms with Crippen molar-refractivity contribution >= 4 is 70.0 Å². The molecule has 0 spiro atoms. The predicted octanol–water partition coefficient (Wildman–Crippen LogP) is 17.4. The number of imide groups is 4. The standard InChI is InChI=1S/C87H72N4O10/c1-83(2,57-19-31-63(32-20-57)88-75(92)47-48-76(88)93)53-11-15-55(16-12-53)85(5,6)59-23-35-65(36-24-59)90-79(96)71-45-43-69(51-73(71)81(90)98)100-67-39-27-61(28-40-67)87(9,10)62-29-41-68(42-30-62)101-70-44-46-72-74(52-70)82(99)91(80(72)97)66-37-25-60(26-38-66)86(7,8)56-17-13-54(14-18-56)84(3,4)58-21-33-64(34-22-58)89-77(94)49-50-78(89)95/h11-52H,1-10H3. The van der Waals surface area contributed by atoms with Gasteiger partial charge in [-0.1, -0.05) is 191 Å². The van der Waals surface area contributed by atoms with Gasteiger partial charge in [0.15, 0.2) is 0 Å². The number of hydrogen-bond acceptors (Lipinski definition) is 10. The van der Waals surface area contributed by atoms with Gasteiger partial charge in [0.2, 0.25) is 0 Å². The smallest absolute Gasteiger partial charge is 0.266 e. The van der Waals surface area contributed by atoms with Crippen LogP contribution < -0.4 is 29.1 Å². The Balaban J connectivity index is 0.575. The second-order valence-corrected chi connectivity index (χ2v) is 28.7. The van der Waals surface area contributed by atoms with E-state index in [2.05, 4.69) is 118 Å². The molecule has 4 aliphatic heterocycles. The summed E-state index contributed by atoms with van der Waals surface area (Å²) in [6.45, 7) is 21.3. The van der Waals surface area contributed by atoms with Crippen LogP contribution in [-0.2, 0) is 46.3 Å². The van der Waals surface area contributed by atoms with Crippen molar-refractivity contribution < 1.29 is 47.8 Å². The van der Waals surface area contributed by atoms with Crippen molar-refractivity contribution in [3.8, 4) is 23.0 Å². The molecule has 10 aromatic carbocycles. The molecule has 4 heterocycles. The molecule has 0 saturated carbocycles. The Morgan fingerprint density at radius 3 is 0.614 bits per heavy atom. The molecule has 0 aromatic heterocycles. The Kier molecular flexibility index (Phi) is 16.1.